The maximum atomic E-state index is 11.7. The fourth-order valence-corrected chi connectivity index (χ4v) is 2.68. The lowest BCUT2D eigenvalue weighted by Gasteiger charge is -2.16. The maximum absolute atomic E-state index is 11.7. The number of aryl methyl sites for hydroxylation is 1. The van der Waals surface area contributed by atoms with Crippen LogP contribution in [0.1, 0.15) is 62.0 Å². The van der Waals surface area contributed by atoms with E-state index in [1.165, 1.54) is 18.5 Å². The molecule has 1 N–H and O–H groups in total. The summed E-state index contributed by atoms with van der Waals surface area (Å²) in [5, 5.41) is 13.7. The molecule has 1 aliphatic rings. The Morgan fingerprint density at radius 1 is 1.56 bits per heavy atom. The zero-order valence-corrected chi connectivity index (χ0v) is 11.4. The van der Waals surface area contributed by atoms with Gasteiger partial charge in [-0.15, -0.1) is 0 Å². The maximum Gasteiger partial charge on any atom is 0.154 e. The summed E-state index contributed by atoms with van der Waals surface area (Å²) in [6, 6.07) is -0.147. The van der Waals surface area contributed by atoms with Crippen molar-refractivity contribution in [2.45, 2.75) is 58.4 Å². The molecule has 0 aliphatic heterocycles. The molecule has 1 unspecified atom stereocenters. The van der Waals surface area contributed by atoms with Crippen LogP contribution in [0.4, 0.5) is 0 Å². The molecule has 0 radical (unpaired) electrons. The molecule has 1 aromatic heterocycles. The molecule has 4 nitrogen and oxygen atoms in total. The highest BCUT2D eigenvalue weighted by Crippen LogP contribution is 2.43. The number of hydrogen-bond donors (Lipinski definition) is 1. The summed E-state index contributed by atoms with van der Waals surface area (Å²) < 4.78 is 1.93. The normalized spacial score (nSPS) is 16.9. The van der Waals surface area contributed by atoms with Gasteiger partial charge in [0.1, 0.15) is 6.04 Å². The van der Waals surface area contributed by atoms with E-state index >= 15 is 0 Å². The number of nitrogens with zero attached hydrogens (tertiary/aromatic N) is 2. The van der Waals surface area contributed by atoms with Crippen LogP contribution >= 0.6 is 0 Å². The van der Waals surface area contributed by atoms with E-state index in [0.717, 1.165) is 17.7 Å². The van der Waals surface area contributed by atoms with Crippen LogP contribution < -0.4 is 0 Å². The Kier molecular flexibility index (Phi) is 3.85. The van der Waals surface area contributed by atoms with Crippen molar-refractivity contribution in [2.24, 2.45) is 0 Å². The second-order valence-corrected chi connectivity index (χ2v) is 5.18. The Hall–Kier alpha value is -1.16. The third-order valence-corrected chi connectivity index (χ3v) is 3.73. The SMILES string of the molecule is CCC(C(C)=O)n1nc(C)c(CCO)c1C1CC1. The van der Waals surface area contributed by atoms with Gasteiger partial charge in [0.2, 0.25) is 0 Å². The van der Waals surface area contributed by atoms with Gasteiger partial charge >= 0.3 is 0 Å². The molecule has 1 atom stereocenters. The van der Waals surface area contributed by atoms with E-state index in [1.807, 2.05) is 18.5 Å². The minimum absolute atomic E-state index is 0.142. The summed E-state index contributed by atoms with van der Waals surface area (Å²) in [5.41, 5.74) is 3.31. The van der Waals surface area contributed by atoms with Gasteiger partial charge in [-0.25, -0.2) is 0 Å². The zero-order valence-electron chi connectivity index (χ0n) is 11.4. The van der Waals surface area contributed by atoms with Crippen LogP contribution in [0.15, 0.2) is 0 Å². The van der Waals surface area contributed by atoms with E-state index in [9.17, 15) is 9.90 Å². The molecular weight excluding hydrogens is 228 g/mol. The molecule has 100 valence electrons. The van der Waals surface area contributed by atoms with Gasteiger partial charge in [0.25, 0.3) is 0 Å². The molecule has 1 aromatic rings. The topological polar surface area (TPSA) is 55.1 Å². The Morgan fingerprint density at radius 3 is 2.67 bits per heavy atom. The highest BCUT2D eigenvalue weighted by atomic mass is 16.3. The Bertz CT molecular complexity index is 447. The summed E-state index contributed by atoms with van der Waals surface area (Å²) in [6.45, 7) is 5.77. The molecule has 0 amide bonds. The monoisotopic (exact) mass is 250 g/mol. The van der Waals surface area contributed by atoms with Gasteiger partial charge in [-0.3, -0.25) is 9.48 Å². The number of aromatic nitrogens is 2. The Balaban J connectivity index is 2.46. The molecule has 0 bridgehead atoms. The van der Waals surface area contributed by atoms with Crippen LogP contribution in [0.2, 0.25) is 0 Å². The quantitative estimate of drug-likeness (QED) is 0.841. The molecule has 1 fully saturated rings. The average Bonchev–Trinajstić information content (AvgIpc) is 3.08. The number of Topliss-reactive ketones (excluding diaryl/α,β-unsaturated/α-hetero) is 1. The van der Waals surface area contributed by atoms with Gasteiger partial charge < -0.3 is 5.11 Å². The molecule has 1 saturated carbocycles. The molecule has 18 heavy (non-hydrogen) atoms. The molecular formula is C14H22N2O2. The van der Waals surface area contributed by atoms with Crippen molar-refractivity contribution in [2.75, 3.05) is 6.61 Å². The molecule has 0 saturated heterocycles. The van der Waals surface area contributed by atoms with Gasteiger partial charge in [0.15, 0.2) is 5.78 Å². The van der Waals surface area contributed by atoms with Crippen molar-refractivity contribution in [1.82, 2.24) is 9.78 Å². The standard InChI is InChI=1S/C14H22N2O2/c1-4-13(10(3)18)16-14(11-5-6-11)12(7-8-17)9(2)15-16/h11,13,17H,4-8H2,1-3H3. The predicted molar refractivity (Wildman–Crippen MR) is 69.7 cm³/mol. The summed E-state index contributed by atoms with van der Waals surface area (Å²) in [7, 11) is 0. The molecule has 0 spiro atoms. The Morgan fingerprint density at radius 2 is 2.22 bits per heavy atom. The van der Waals surface area contributed by atoms with Crippen molar-refractivity contribution in [3.8, 4) is 0 Å². The average molecular weight is 250 g/mol. The van der Waals surface area contributed by atoms with Crippen molar-refractivity contribution < 1.29 is 9.90 Å². The molecule has 1 aliphatic carbocycles. The summed E-state index contributed by atoms with van der Waals surface area (Å²) in [5.74, 6) is 0.707. The number of rotatable bonds is 6. The third-order valence-electron chi connectivity index (χ3n) is 3.73. The minimum Gasteiger partial charge on any atom is -0.396 e. The number of carbonyl (C=O) groups excluding carboxylic acids is 1. The molecule has 0 aromatic carbocycles. The number of aliphatic hydroxyl groups is 1. The molecule has 2 rings (SSSR count). The lowest BCUT2D eigenvalue weighted by atomic mass is 10.1. The van der Waals surface area contributed by atoms with E-state index in [1.54, 1.807) is 6.92 Å². The van der Waals surface area contributed by atoms with Crippen molar-refractivity contribution >= 4 is 5.78 Å². The number of ketones is 1. The van der Waals surface area contributed by atoms with Crippen molar-refractivity contribution in [3.63, 3.8) is 0 Å². The first-order chi connectivity index (χ1) is 8.60. The largest absolute Gasteiger partial charge is 0.396 e. The van der Waals surface area contributed by atoms with Crippen LogP contribution in [0.25, 0.3) is 0 Å². The number of carbonyl (C=O) groups is 1. The minimum atomic E-state index is -0.147. The van der Waals surface area contributed by atoms with Crippen molar-refractivity contribution in [3.05, 3.63) is 17.0 Å². The third kappa shape index (κ3) is 2.34. The second-order valence-electron chi connectivity index (χ2n) is 5.18. The zero-order chi connectivity index (χ0) is 13.3. The van der Waals surface area contributed by atoms with E-state index in [0.29, 0.717) is 12.3 Å². The first kappa shape index (κ1) is 13.3. The number of aliphatic hydroxyl groups excluding tert-OH is 1. The fraction of sp³-hybridized carbons (Fsp3) is 0.714. The first-order valence-corrected chi connectivity index (χ1v) is 6.79. The van der Waals surface area contributed by atoms with E-state index in [-0.39, 0.29) is 18.4 Å². The smallest absolute Gasteiger partial charge is 0.154 e. The van der Waals surface area contributed by atoms with Crippen LogP contribution in [-0.2, 0) is 11.2 Å². The van der Waals surface area contributed by atoms with Gasteiger partial charge in [-0.2, -0.15) is 5.10 Å². The predicted octanol–water partition coefficient (Wildman–Crippen LogP) is 2.14. The van der Waals surface area contributed by atoms with E-state index in [2.05, 4.69) is 5.10 Å². The molecule has 4 heteroatoms. The lowest BCUT2D eigenvalue weighted by molar-refractivity contribution is -0.120. The fourth-order valence-electron chi connectivity index (χ4n) is 2.68. The van der Waals surface area contributed by atoms with Crippen LogP contribution in [0, 0.1) is 6.92 Å². The van der Waals surface area contributed by atoms with Crippen LogP contribution in [0.5, 0.6) is 0 Å². The van der Waals surface area contributed by atoms with Gasteiger partial charge in [-0.1, -0.05) is 6.92 Å². The van der Waals surface area contributed by atoms with Crippen molar-refractivity contribution in [1.29, 1.82) is 0 Å². The number of hydrogen-bond acceptors (Lipinski definition) is 3. The van der Waals surface area contributed by atoms with Crippen LogP contribution in [0.3, 0.4) is 0 Å². The highest BCUT2D eigenvalue weighted by Gasteiger charge is 2.33. The summed E-state index contributed by atoms with van der Waals surface area (Å²) in [4.78, 5) is 11.7. The van der Waals surface area contributed by atoms with E-state index < -0.39 is 0 Å². The summed E-state index contributed by atoms with van der Waals surface area (Å²) >= 11 is 0. The second kappa shape index (κ2) is 5.22. The van der Waals surface area contributed by atoms with Gasteiger partial charge in [-0.05, 0) is 45.1 Å². The van der Waals surface area contributed by atoms with E-state index in [4.69, 9.17) is 0 Å². The summed E-state index contributed by atoms with van der Waals surface area (Å²) in [6.07, 6.45) is 3.77. The van der Waals surface area contributed by atoms with Gasteiger partial charge in [0, 0.05) is 18.2 Å². The lowest BCUT2D eigenvalue weighted by Crippen LogP contribution is -2.20. The molecule has 1 heterocycles. The highest BCUT2D eigenvalue weighted by molar-refractivity contribution is 5.80. The van der Waals surface area contributed by atoms with Crippen LogP contribution in [-0.4, -0.2) is 27.3 Å². The first-order valence-electron chi connectivity index (χ1n) is 6.79. The Labute approximate surface area is 108 Å². The van der Waals surface area contributed by atoms with Gasteiger partial charge in [0.05, 0.1) is 5.69 Å².